The molecule has 0 aliphatic heterocycles. The Morgan fingerprint density at radius 1 is 1.23 bits per heavy atom. The van der Waals surface area contributed by atoms with Gasteiger partial charge in [-0.1, -0.05) is 6.07 Å². The molecule has 2 N–H and O–H groups in total. The van der Waals surface area contributed by atoms with E-state index in [4.69, 9.17) is 11.6 Å². The van der Waals surface area contributed by atoms with E-state index < -0.39 is 16.1 Å². The zero-order valence-corrected chi connectivity index (χ0v) is 13.0. The Balaban J connectivity index is 2.06. The van der Waals surface area contributed by atoms with Crippen LogP contribution in [0.2, 0.25) is 0 Å². The molecule has 1 unspecified atom stereocenters. The topological polar surface area (TPSA) is 106 Å². The number of hydrogen-bond acceptors (Lipinski definition) is 6. The third-order valence-corrected chi connectivity index (χ3v) is 4.25. The molecule has 0 aliphatic carbocycles. The maximum Gasteiger partial charge on any atom is 0.229 e. The molecule has 22 heavy (non-hydrogen) atoms. The Labute approximate surface area is 133 Å². The number of nitrogens with zero attached hydrogens (tertiary/aromatic N) is 3. The van der Waals surface area contributed by atoms with Crippen LogP contribution >= 0.6 is 11.6 Å². The van der Waals surface area contributed by atoms with Crippen molar-refractivity contribution in [3.8, 4) is 0 Å². The van der Waals surface area contributed by atoms with Crippen molar-refractivity contribution in [2.45, 2.75) is 11.0 Å². The molecule has 1 atom stereocenters. The highest BCUT2D eigenvalue weighted by atomic mass is 35.5. The molecule has 9 heteroatoms. The van der Waals surface area contributed by atoms with Crippen LogP contribution in [0.25, 0.3) is 4.72 Å². The van der Waals surface area contributed by atoms with Crippen LogP contribution in [0.3, 0.4) is 0 Å². The molecule has 0 amide bonds. The highest BCUT2D eigenvalue weighted by Gasteiger charge is 2.11. The van der Waals surface area contributed by atoms with Crippen LogP contribution in [-0.2, 0) is 10.0 Å². The molecule has 1 aromatic heterocycles. The molecule has 1 heterocycles. The van der Waals surface area contributed by atoms with E-state index in [9.17, 15) is 13.5 Å². The lowest BCUT2D eigenvalue weighted by atomic mass is 10.3. The molecule has 0 saturated heterocycles. The number of nitrogens with one attached hydrogen (secondary N) is 1. The SMILES string of the molecule is O=S(=O)([N-]c1ncccn1)c1ccc(NCC(O)CCl)cc1. The smallest absolute Gasteiger partial charge is 0.229 e. The Morgan fingerprint density at radius 3 is 2.45 bits per heavy atom. The van der Waals surface area contributed by atoms with E-state index >= 15 is 0 Å². The van der Waals surface area contributed by atoms with Crippen LogP contribution in [0.5, 0.6) is 0 Å². The maximum atomic E-state index is 12.1. The van der Waals surface area contributed by atoms with Crippen molar-refractivity contribution in [2.75, 3.05) is 17.7 Å². The zero-order valence-electron chi connectivity index (χ0n) is 11.4. The first kappa shape index (κ1) is 16.5. The van der Waals surface area contributed by atoms with Gasteiger partial charge in [0.2, 0.25) is 10.0 Å². The fourth-order valence-electron chi connectivity index (χ4n) is 1.53. The molecule has 0 spiro atoms. The van der Waals surface area contributed by atoms with Gasteiger partial charge in [-0.2, -0.15) is 0 Å². The standard InChI is InChI=1S/C13H14ClN4O3S/c14-8-11(19)9-17-10-2-4-12(5-3-10)22(20,21)18-13-15-6-1-7-16-13/h1-7,11,17,19H,8-9H2/q-1. The van der Waals surface area contributed by atoms with Gasteiger partial charge in [0.15, 0.2) is 0 Å². The van der Waals surface area contributed by atoms with Crippen molar-refractivity contribution in [3.05, 3.63) is 47.4 Å². The molecule has 7 nitrogen and oxygen atoms in total. The summed E-state index contributed by atoms with van der Waals surface area (Å²) >= 11 is 5.49. The zero-order chi connectivity index (χ0) is 16.0. The summed E-state index contributed by atoms with van der Waals surface area (Å²) in [7, 11) is -3.86. The fourth-order valence-corrected chi connectivity index (χ4v) is 2.54. The van der Waals surface area contributed by atoms with E-state index in [0.717, 1.165) is 0 Å². The van der Waals surface area contributed by atoms with Crippen molar-refractivity contribution in [1.29, 1.82) is 0 Å². The van der Waals surface area contributed by atoms with Crippen LogP contribution in [-0.4, -0.2) is 42.0 Å². The summed E-state index contributed by atoms with van der Waals surface area (Å²) in [5.41, 5.74) is 0.666. The lowest BCUT2D eigenvalue weighted by Gasteiger charge is -2.13. The minimum Gasteiger partial charge on any atom is -0.390 e. The third kappa shape index (κ3) is 4.55. The number of aromatic nitrogens is 2. The van der Waals surface area contributed by atoms with Gasteiger partial charge in [0.1, 0.15) is 0 Å². The molecule has 0 saturated carbocycles. The third-order valence-electron chi connectivity index (χ3n) is 2.63. The number of anilines is 1. The number of rotatable bonds is 7. The summed E-state index contributed by atoms with van der Waals surface area (Å²) in [4.78, 5) is 7.54. The van der Waals surface area contributed by atoms with E-state index in [-0.39, 0.29) is 23.3 Å². The van der Waals surface area contributed by atoms with Crippen molar-refractivity contribution < 1.29 is 13.5 Å². The normalized spacial score (nSPS) is 12.6. The first-order chi connectivity index (χ1) is 10.5. The van der Waals surface area contributed by atoms with Crippen molar-refractivity contribution >= 4 is 33.3 Å². The highest BCUT2D eigenvalue weighted by Crippen LogP contribution is 2.24. The van der Waals surface area contributed by atoms with Gasteiger partial charge in [-0.05, 0) is 36.7 Å². The Morgan fingerprint density at radius 2 is 1.86 bits per heavy atom. The minimum atomic E-state index is -3.86. The molecule has 0 aliphatic rings. The lowest BCUT2D eigenvalue weighted by Crippen LogP contribution is -2.20. The van der Waals surface area contributed by atoms with Crippen molar-refractivity contribution in [2.24, 2.45) is 0 Å². The second kappa shape index (κ2) is 7.39. The van der Waals surface area contributed by atoms with Gasteiger partial charge < -0.3 is 20.4 Å². The van der Waals surface area contributed by atoms with E-state index in [1.165, 1.54) is 24.5 Å². The number of halogens is 1. The Hall–Kier alpha value is -1.90. The predicted octanol–water partition coefficient (Wildman–Crippen LogP) is 1.88. The minimum absolute atomic E-state index is 0.0309. The molecular formula is C13H14ClN4O3S-. The summed E-state index contributed by atoms with van der Waals surface area (Å²) in [5.74, 6) is 0.00466. The van der Waals surface area contributed by atoms with Crippen LogP contribution < -0.4 is 5.32 Å². The second-order valence-corrected chi connectivity index (χ2v) is 6.24. The molecule has 0 bridgehead atoms. The number of aliphatic hydroxyl groups is 1. The number of benzene rings is 1. The Bertz CT molecular complexity index is 695. The maximum absolute atomic E-state index is 12.1. The largest absolute Gasteiger partial charge is 0.390 e. The van der Waals surface area contributed by atoms with Gasteiger partial charge in [0.05, 0.1) is 16.9 Å². The number of aliphatic hydroxyl groups excluding tert-OH is 1. The first-order valence-electron chi connectivity index (χ1n) is 6.34. The predicted molar refractivity (Wildman–Crippen MR) is 83.9 cm³/mol. The molecule has 1 aromatic carbocycles. The summed E-state index contributed by atoms with van der Waals surface area (Å²) in [6.45, 7) is 0.276. The highest BCUT2D eigenvalue weighted by molar-refractivity contribution is 7.94. The number of alkyl halides is 1. The lowest BCUT2D eigenvalue weighted by molar-refractivity contribution is 0.211. The van der Waals surface area contributed by atoms with E-state index in [0.29, 0.717) is 5.69 Å². The summed E-state index contributed by atoms with van der Waals surface area (Å²) in [6, 6.07) is 7.56. The van der Waals surface area contributed by atoms with Gasteiger partial charge >= 0.3 is 0 Å². The van der Waals surface area contributed by atoms with Crippen LogP contribution in [0, 0.1) is 0 Å². The van der Waals surface area contributed by atoms with Crippen LogP contribution in [0.1, 0.15) is 0 Å². The average Bonchev–Trinajstić information content (AvgIpc) is 2.53. The van der Waals surface area contributed by atoms with Gasteiger partial charge in [-0.25, -0.2) is 8.42 Å². The van der Waals surface area contributed by atoms with Gasteiger partial charge in [-0.3, -0.25) is 4.72 Å². The molecule has 2 rings (SSSR count). The van der Waals surface area contributed by atoms with Crippen LogP contribution in [0.15, 0.2) is 47.6 Å². The molecule has 0 fully saturated rings. The van der Waals surface area contributed by atoms with Crippen molar-refractivity contribution in [1.82, 2.24) is 9.97 Å². The second-order valence-electron chi connectivity index (χ2n) is 4.33. The van der Waals surface area contributed by atoms with Crippen molar-refractivity contribution in [3.63, 3.8) is 0 Å². The molecular weight excluding hydrogens is 328 g/mol. The van der Waals surface area contributed by atoms with E-state index in [1.54, 1.807) is 18.2 Å². The summed E-state index contributed by atoms with van der Waals surface area (Å²) in [6.07, 6.45) is 2.16. The first-order valence-corrected chi connectivity index (χ1v) is 8.32. The molecule has 2 aromatic rings. The van der Waals surface area contributed by atoms with Gasteiger partial charge in [-0.15, -0.1) is 11.6 Å². The fraction of sp³-hybridized carbons (Fsp3) is 0.231. The Kier molecular flexibility index (Phi) is 5.53. The average molecular weight is 342 g/mol. The van der Waals surface area contributed by atoms with Gasteiger partial charge in [0.25, 0.3) is 0 Å². The molecule has 0 radical (unpaired) electrons. The van der Waals surface area contributed by atoms with E-state index in [2.05, 4.69) is 20.0 Å². The summed E-state index contributed by atoms with van der Waals surface area (Å²) < 4.78 is 27.8. The monoisotopic (exact) mass is 341 g/mol. The number of sulfonamides is 1. The number of hydrogen-bond donors (Lipinski definition) is 2. The quantitative estimate of drug-likeness (QED) is 0.745. The van der Waals surface area contributed by atoms with Gasteiger partial charge in [0, 0.05) is 18.2 Å². The summed E-state index contributed by atoms with van der Waals surface area (Å²) in [5, 5.41) is 12.3. The van der Waals surface area contributed by atoms with Crippen LogP contribution in [0.4, 0.5) is 11.6 Å². The van der Waals surface area contributed by atoms with E-state index in [1.807, 2.05) is 0 Å². The molecule has 118 valence electrons.